The molecule has 0 spiro atoms. The van der Waals surface area contributed by atoms with Crippen LogP contribution in [0.4, 0.5) is 8.78 Å². The van der Waals surface area contributed by atoms with Crippen molar-refractivity contribution in [1.29, 1.82) is 0 Å². The number of hydrogen-bond donors (Lipinski definition) is 2. The van der Waals surface area contributed by atoms with Crippen LogP contribution in [0.1, 0.15) is 38.3 Å². The molecular weight excluding hydrogens is 366 g/mol. The zero-order valence-corrected chi connectivity index (χ0v) is 16.5. The summed E-state index contributed by atoms with van der Waals surface area (Å²) in [6.07, 6.45) is 0.164. The second kappa shape index (κ2) is 9.34. The van der Waals surface area contributed by atoms with Crippen molar-refractivity contribution in [3.63, 3.8) is 0 Å². The highest BCUT2D eigenvalue weighted by molar-refractivity contribution is 5.41. The van der Waals surface area contributed by atoms with Gasteiger partial charge in [-0.1, -0.05) is 45.0 Å². The quantitative estimate of drug-likeness (QED) is 0.635. The molecular formula is C22H28F2O4. The van der Waals surface area contributed by atoms with E-state index in [1.54, 1.807) is 12.1 Å². The van der Waals surface area contributed by atoms with Crippen LogP contribution >= 0.6 is 0 Å². The van der Waals surface area contributed by atoms with E-state index in [2.05, 4.69) is 13.8 Å². The van der Waals surface area contributed by atoms with Crippen LogP contribution < -0.4 is 9.47 Å². The van der Waals surface area contributed by atoms with E-state index in [1.807, 2.05) is 43.3 Å². The number of benzene rings is 2. The average Bonchev–Trinajstić information content (AvgIpc) is 2.71. The number of halogens is 2. The maximum Gasteiger partial charge on any atom is 0.303 e. The summed E-state index contributed by atoms with van der Waals surface area (Å²) in [4.78, 5) is 0. The summed E-state index contributed by atoms with van der Waals surface area (Å²) in [7, 11) is 0. The van der Waals surface area contributed by atoms with Crippen molar-refractivity contribution in [1.82, 2.24) is 0 Å². The third-order valence-electron chi connectivity index (χ3n) is 4.75. The number of aliphatic hydroxyl groups excluding tert-OH is 2. The van der Waals surface area contributed by atoms with Crippen molar-refractivity contribution in [2.75, 3.05) is 19.8 Å². The van der Waals surface area contributed by atoms with Crippen molar-refractivity contribution in [2.24, 2.45) is 0 Å². The Hall–Kier alpha value is -2.18. The SMILES string of the molecule is CCC(O)COc1ccc(C(C)(C)c2ccc(OCC(F)(F)CO)cc2)cc1. The highest BCUT2D eigenvalue weighted by Gasteiger charge is 2.29. The van der Waals surface area contributed by atoms with E-state index in [4.69, 9.17) is 14.6 Å². The number of aliphatic hydroxyl groups is 2. The second-order valence-electron chi connectivity index (χ2n) is 7.35. The molecule has 0 amide bonds. The number of hydrogen-bond acceptors (Lipinski definition) is 4. The fourth-order valence-electron chi connectivity index (χ4n) is 2.65. The molecule has 0 aliphatic rings. The molecule has 0 fully saturated rings. The molecule has 0 aromatic heterocycles. The minimum Gasteiger partial charge on any atom is -0.491 e. The fourth-order valence-corrected chi connectivity index (χ4v) is 2.65. The molecule has 0 saturated carbocycles. The monoisotopic (exact) mass is 394 g/mol. The zero-order chi connectivity index (χ0) is 20.8. The standard InChI is InChI=1S/C22H28F2O4/c1-4-18(26)13-27-19-9-5-16(6-10-19)21(2,3)17-7-11-20(12-8-17)28-15-22(23,24)14-25/h5-12,18,25-26H,4,13-15H2,1-3H3. The Kier molecular flexibility index (Phi) is 7.38. The Morgan fingerprint density at radius 2 is 1.36 bits per heavy atom. The van der Waals surface area contributed by atoms with Gasteiger partial charge in [0.05, 0.1) is 6.10 Å². The van der Waals surface area contributed by atoms with Gasteiger partial charge in [-0.3, -0.25) is 0 Å². The van der Waals surface area contributed by atoms with Gasteiger partial charge in [-0.25, -0.2) is 8.78 Å². The molecule has 1 atom stereocenters. The topological polar surface area (TPSA) is 58.9 Å². The number of ether oxygens (including phenoxy) is 2. The van der Waals surface area contributed by atoms with E-state index in [9.17, 15) is 13.9 Å². The molecule has 154 valence electrons. The summed E-state index contributed by atoms with van der Waals surface area (Å²) in [5.74, 6) is -2.24. The normalized spacial score (nSPS) is 13.2. The lowest BCUT2D eigenvalue weighted by molar-refractivity contribution is -0.0801. The van der Waals surface area contributed by atoms with Crippen LogP contribution in [0.25, 0.3) is 0 Å². The highest BCUT2D eigenvalue weighted by Crippen LogP contribution is 2.33. The highest BCUT2D eigenvalue weighted by atomic mass is 19.3. The lowest BCUT2D eigenvalue weighted by atomic mass is 9.78. The van der Waals surface area contributed by atoms with Crippen LogP contribution in [-0.4, -0.2) is 42.1 Å². The molecule has 0 heterocycles. The first kappa shape index (κ1) is 22.1. The van der Waals surface area contributed by atoms with Crippen LogP contribution in [0, 0.1) is 0 Å². The van der Waals surface area contributed by atoms with Crippen LogP contribution in [-0.2, 0) is 5.41 Å². The van der Waals surface area contributed by atoms with Crippen molar-refractivity contribution < 1.29 is 28.5 Å². The number of alkyl halides is 2. The maximum absolute atomic E-state index is 13.1. The van der Waals surface area contributed by atoms with Crippen molar-refractivity contribution in [2.45, 2.75) is 44.6 Å². The van der Waals surface area contributed by atoms with E-state index in [1.165, 1.54) is 0 Å². The van der Waals surface area contributed by atoms with Gasteiger partial charge in [-0.15, -0.1) is 0 Å². The molecule has 2 rings (SSSR count). The van der Waals surface area contributed by atoms with Crippen LogP contribution in [0.5, 0.6) is 11.5 Å². The Labute approximate surface area is 164 Å². The summed E-state index contributed by atoms with van der Waals surface area (Å²) in [5.41, 5.74) is 1.76. The Morgan fingerprint density at radius 3 is 1.79 bits per heavy atom. The van der Waals surface area contributed by atoms with Gasteiger partial charge in [0.2, 0.25) is 0 Å². The molecule has 0 radical (unpaired) electrons. The zero-order valence-electron chi connectivity index (χ0n) is 16.5. The minimum atomic E-state index is -3.26. The first-order valence-corrected chi connectivity index (χ1v) is 9.31. The van der Waals surface area contributed by atoms with Crippen molar-refractivity contribution in [3.05, 3.63) is 59.7 Å². The summed E-state index contributed by atoms with van der Waals surface area (Å²) >= 11 is 0. The van der Waals surface area contributed by atoms with Gasteiger partial charge in [0.15, 0.2) is 6.61 Å². The third-order valence-corrected chi connectivity index (χ3v) is 4.75. The molecule has 2 aromatic rings. The fraction of sp³-hybridized carbons (Fsp3) is 0.455. The number of rotatable bonds is 10. The Bertz CT molecular complexity index is 727. The van der Waals surface area contributed by atoms with Crippen LogP contribution in [0.3, 0.4) is 0 Å². The Morgan fingerprint density at radius 1 is 0.893 bits per heavy atom. The largest absolute Gasteiger partial charge is 0.491 e. The van der Waals surface area contributed by atoms with Gasteiger partial charge in [-0.2, -0.15) is 0 Å². The van der Waals surface area contributed by atoms with Gasteiger partial charge in [-0.05, 0) is 41.8 Å². The van der Waals surface area contributed by atoms with Crippen LogP contribution in [0.2, 0.25) is 0 Å². The summed E-state index contributed by atoms with van der Waals surface area (Å²) in [6, 6.07) is 14.7. The van der Waals surface area contributed by atoms with Gasteiger partial charge >= 0.3 is 5.92 Å². The molecule has 4 nitrogen and oxygen atoms in total. The van der Waals surface area contributed by atoms with E-state index in [-0.39, 0.29) is 12.0 Å². The molecule has 1 unspecified atom stereocenters. The van der Waals surface area contributed by atoms with Gasteiger partial charge in [0.1, 0.15) is 24.7 Å². The molecule has 0 aliphatic carbocycles. The van der Waals surface area contributed by atoms with Gasteiger partial charge in [0, 0.05) is 5.41 Å². The average molecular weight is 394 g/mol. The molecule has 28 heavy (non-hydrogen) atoms. The van der Waals surface area contributed by atoms with Gasteiger partial charge < -0.3 is 19.7 Å². The van der Waals surface area contributed by atoms with Crippen molar-refractivity contribution >= 4 is 0 Å². The van der Waals surface area contributed by atoms with E-state index < -0.39 is 25.2 Å². The predicted octanol–water partition coefficient (Wildman–Crippen LogP) is 4.17. The smallest absolute Gasteiger partial charge is 0.303 e. The Balaban J connectivity index is 2.05. The summed E-state index contributed by atoms with van der Waals surface area (Å²) < 4.78 is 36.8. The molecule has 0 bridgehead atoms. The lowest BCUT2D eigenvalue weighted by Gasteiger charge is -2.26. The predicted molar refractivity (Wildman–Crippen MR) is 104 cm³/mol. The third kappa shape index (κ3) is 5.91. The van der Waals surface area contributed by atoms with E-state index in [0.29, 0.717) is 17.9 Å². The summed E-state index contributed by atoms with van der Waals surface area (Å²) in [6.45, 7) is 4.19. The molecule has 6 heteroatoms. The molecule has 0 aliphatic heterocycles. The van der Waals surface area contributed by atoms with Gasteiger partial charge in [0.25, 0.3) is 0 Å². The van der Waals surface area contributed by atoms with Crippen molar-refractivity contribution in [3.8, 4) is 11.5 Å². The summed E-state index contributed by atoms with van der Waals surface area (Å²) in [5, 5.41) is 18.2. The minimum absolute atomic E-state index is 0.260. The second-order valence-corrected chi connectivity index (χ2v) is 7.35. The first-order valence-electron chi connectivity index (χ1n) is 9.31. The van der Waals surface area contributed by atoms with E-state index >= 15 is 0 Å². The molecule has 2 aromatic carbocycles. The maximum atomic E-state index is 13.1. The molecule has 2 N–H and O–H groups in total. The van der Waals surface area contributed by atoms with Crippen LogP contribution in [0.15, 0.2) is 48.5 Å². The molecule has 0 saturated heterocycles. The lowest BCUT2D eigenvalue weighted by Crippen LogP contribution is -2.29. The first-order chi connectivity index (χ1) is 13.2. The van der Waals surface area contributed by atoms with E-state index in [0.717, 1.165) is 11.1 Å².